The summed E-state index contributed by atoms with van der Waals surface area (Å²) >= 11 is 0. The zero-order valence-electron chi connectivity index (χ0n) is 17.6. The molecule has 0 aliphatic heterocycles. The van der Waals surface area contributed by atoms with Gasteiger partial charge in [-0.3, -0.25) is 0 Å². The molecular formula is C24H38F2OSi. The van der Waals surface area contributed by atoms with E-state index in [9.17, 15) is 8.78 Å². The van der Waals surface area contributed by atoms with Gasteiger partial charge in [-0.25, -0.2) is 8.78 Å². The Morgan fingerprint density at radius 2 is 1.50 bits per heavy atom. The minimum absolute atomic E-state index is 0.198. The molecule has 3 rings (SSSR count). The Labute approximate surface area is 172 Å². The highest BCUT2D eigenvalue weighted by atomic mass is 28.2. The van der Waals surface area contributed by atoms with Crippen molar-refractivity contribution < 1.29 is 13.5 Å². The number of rotatable bonds is 9. The van der Waals surface area contributed by atoms with E-state index < -0.39 is 12.8 Å². The lowest BCUT2D eigenvalue weighted by atomic mass is 9.69. The molecule has 1 unspecified atom stereocenters. The fourth-order valence-electron chi connectivity index (χ4n) is 5.37. The number of halogens is 2. The molecule has 1 aromatic rings. The van der Waals surface area contributed by atoms with Gasteiger partial charge < -0.3 is 4.74 Å². The van der Waals surface area contributed by atoms with Gasteiger partial charge in [-0.15, -0.1) is 0 Å². The first-order valence-electron chi connectivity index (χ1n) is 11.6. The van der Waals surface area contributed by atoms with Crippen molar-refractivity contribution in [1.82, 2.24) is 0 Å². The standard InChI is InChI=1S/C24H38F2OSi/c1-2-18-3-7-20(8-4-18)21-9-5-19(6-10-21)17-28-24-13-11-23(12-14-24)27-16-22(26)15-25/h11-14,18-22H,2-10,15-17,28H2,1H3/t18-,19-,20-,21-,22?. The quantitative estimate of drug-likeness (QED) is 0.483. The molecule has 0 radical (unpaired) electrons. The molecule has 2 saturated carbocycles. The van der Waals surface area contributed by atoms with Gasteiger partial charge in [0, 0.05) is 0 Å². The van der Waals surface area contributed by atoms with Crippen LogP contribution in [0.1, 0.15) is 64.7 Å². The predicted octanol–water partition coefficient (Wildman–Crippen LogP) is 5.61. The lowest BCUT2D eigenvalue weighted by Gasteiger charge is -2.37. The van der Waals surface area contributed by atoms with Crippen LogP contribution in [0.4, 0.5) is 8.78 Å². The van der Waals surface area contributed by atoms with Crippen LogP contribution >= 0.6 is 0 Å². The number of alkyl halides is 2. The molecule has 2 aliphatic carbocycles. The fraction of sp³-hybridized carbons (Fsp3) is 0.750. The summed E-state index contributed by atoms with van der Waals surface area (Å²) in [5.41, 5.74) is 0. The second-order valence-corrected chi connectivity index (χ2v) is 11.1. The molecular weight excluding hydrogens is 370 g/mol. The van der Waals surface area contributed by atoms with Crippen LogP contribution < -0.4 is 9.92 Å². The van der Waals surface area contributed by atoms with Gasteiger partial charge in [-0.2, -0.15) is 0 Å². The number of hydrogen-bond acceptors (Lipinski definition) is 1. The molecule has 0 bridgehead atoms. The second-order valence-electron chi connectivity index (χ2n) is 9.22. The summed E-state index contributed by atoms with van der Waals surface area (Å²) in [5, 5.41) is 1.45. The summed E-state index contributed by atoms with van der Waals surface area (Å²) in [5.74, 6) is 4.62. The molecule has 0 N–H and O–H groups in total. The lowest BCUT2D eigenvalue weighted by molar-refractivity contribution is 0.149. The normalized spacial score (nSPS) is 29.8. The molecule has 1 nitrogen and oxygen atoms in total. The number of benzene rings is 1. The largest absolute Gasteiger partial charge is 0.490 e. The summed E-state index contributed by atoms with van der Waals surface area (Å²) in [6.45, 7) is 1.18. The summed E-state index contributed by atoms with van der Waals surface area (Å²) < 4.78 is 30.3. The van der Waals surface area contributed by atoms with Crippen molar-refractivity contribution in [3.63, 3.8) is 0 Å². The van der Waals surface area contributed by atoms with Crippen LogP contribution in [0.3, 0.4) is 0 Å². The van der Waals surface area contributed by atoms with Gasteiger partial charge in [0.1, 0.15) is 19.0 Å². The topological polar surface area (TPSA) is 9.23 Å². The van der Waals surface area contributed by atoms with Crippen LogP contribution in [0.2, 0.25) is 6.04 Å². The van der Waals surface area contributed by atoms with E-state index in [0.717, 1.165) is 23.7 Å². The van der Waals surface area contributed by atoms with Crippen LogP contribution in [0, 0.1) is 23.7 Å². The highest BCUT2D eigenvalue weighted by Crippen LogP contribution is 2.42. The minimum Gasteiger partial charge on any atom is -0.490 e. The monoisotopic (exact) mass is 408 g/mol. The maximum absolute atomic E-state index is 12.9. The fourth-order valence-corrected chi connectivity index (χ4v) is 7.26. The van der Waals surface area contributed by atoms with Gasteiger partial charge in [0.15, 0.2) is 6.17 Å². The molecule has 0 spiro atoms. The summed E-state index contributed by atoms with van der Waals surface area (Å²) in [4.78, 5) is 0. The highest BCUT2D eigenvalue weighted by molar-refractivity contribution is 6.53. The van der Waals surface area contributed by atoms with Crippen molar-refractivity contribution in [3.8, 4) is 5.75 Å². The van der Waals surface area contributed by atoms with Gasteiger partial charge in [0.05, 0.1) is 9.52 Å². The van der Waals surface area contributed by atoms with Crippen molar-refractivity contribution in [3.05, 3.63) is 24.3 Å². The maximum atomic E-state index is 12.9. The third-order valence-electron chi connectivity index (χ3n) is 7.39. The molecule has 158 valence electrons. The van der Waals surface area contributed by atoms with Crippen molar-refractivity contribution in [2.24, 2.45) is 23.7 Å². The Bertz CT molecular complexity index is 548. The van der Waals surface area contributed by atoms with Crippen molar-refractivity contribution in [2.75, 3.05) is 13.3 Å². The van der Waals surface area contributed by atoms with E-state index in [1.807, 2.05) is 12.1 Å². The summed E-state index contributed by atoms with van der Waals surface area (Å²) in [6, 6.07) is 9.49. The van der Waals surface area contributed by atoms with E-state index in [1.54, 1.807) is 0 Å². The molecule has 0 amide bonds. The average Bonchev–Trinajstić information content (AvgIpc) is 2.77. The van der Waals surface area contributed by atoms with Gasteiger partial charge >= 0.3 is 0 Å². The molecule has 1 aromatic carbocycles. The zero-order valence-corrected chi connectivity index (χ0v) is 19.0. The van der Waals surface area contributed by atoms with Crippen molar-refractivity contribution in [1.29, 1.82) is 0 Å². The van der Waals surface area contributed by atoms with E-state index in [0.29, 0.717) is 5.75 Å². The molecule has 4 heteroatoms. The van der Waals surface area contributed by atoms with E-state index >= 15 is 0 Å². The van der Waals surface area contributed by atoms with E-state index in [-0.39, 0.29) is 16.1 Å². The molecule has 2 fully saturated rings. The number of hydrogen-bond donors (Lipinski definition) is 0. The van der Waals surface area contributed by atoms with Crippen LogP contribution in [0.5, 0.6) is 5.75 Å². The van der Waals surface area contributed by atoms with Gasteiger partial charge in [0.25, 0.3) is 0 Å². The Morgan fingerprint density at radius 3 is 2.04 bits per heavy atom. The van der Waals surface area contributed by atoms with Crippen LogP contribution in [0.25, 0.3) is 0 Å². The SMILES string of the molecule is CC[C@H]1CC[C@H]([C@H]2CC[C@H](C[SiH2]c3ccc(OCC(F)CF)cc3)CC2)CC1. The summed E-state index contributed by atoms with van der Waals surface area (Å²) in [7, 11) is -0.246. The lowest BCUT2D eigenvalue weighted by Crippen LogP contribution is -2.27. The first kappa shape index (κ1) is 21.8. The van der Waals surface area contributed by atoms with E-state index in [4.69, 9.17) is 4.74 Å². The molecule has 2 aliphatic rings. The first-order valence-corrected chi connectivity index (χ1v) is 13.3. The van der Waals surface area contributed by atoms with Crippen LogP contribution in [-0.2, 0) is 0 Å². The maximum Gasteiger partial charge on any atom is 0.162 e. The Morgan fingerprint density at radius 1 is 0.929 bits per heavy atom. The molecule has 0 heterocycles. The first-order chi connectivity index (χ1) is 13.7. The van der Waals surface area contributed by atoms with E-state index in [2.05, 4.69) is 19.1 Å². The van der Waals surface area contributed by atoms with Crippen molar-refractivity contribution >= 4 is 14.7 Å². The second kappa shape index (κ2) is 11.3. The zero-order chi connectivity index (χ0) is 19.8. The summed E-state index contributed by atoms with van der Waals surface area (Å²) in [6.07, 6.45) is 11.6. The van der Waals surface area contributed by atoms with Gasteiger partial charge in [0.2, 0.25) is 0 Å². The van der Waals surface area contributed by atoms with Gasteiger partial charge in [-0.05, 0) is 61.5 Å². The van der Waals surface area contributed by atoms with Gasteiger partial charge in [-0.1, -0.05) is 62.4 Å². The highest BCUT2D eigenvalue weighted by Gasteiger charge is 2.30. The third-order valence-corrected chi connectivity index (χ3v) is 9.54. The van der Waals surface area contributed by atoms with Crippen LogP contribution in [0.15, 0.2) is 24.3 Å². The Balaban J connectivity index is 1.34. The molecule has 1 atom stereocenters. The predicted molar refractivity (Wildman–Crippen MR) is 117 cm³/mol. The Kier molecular flexibility index (Phi) is 8.82. The average molecular weight is 409 g/mol. The smallest absolute Gasteiger partial charge is 0.162 e. The minimum atomic E-state index is -1.52. The Hall–Kier alpha value is -0.903. The van der Waals surface area contributed by atoms with Crippen molar-refractivity contribution in [2.45, 2.75) is 76.9 Å². The molecule has 0 aromatic heterocycles. The van der Waals surface area contributed by atoms with E-state index in [1.165, 1.54) is 69.0 Å². The third kappa shape index (κ3) is 6.57. The molecule has 0 saturated heterocycles. The van der Waals surface area contributed by atoms with Crippen LogP contribution in [-0.4, -0.2) is 29.0 Å². The molecule has 28 heavy (non-hydrogen) atoms. The number of ether oxygens (including phenoxy) is 1.